The molecule has 0 bridgehead atoms. The molecule has 128 valence electrons. The summed E-state index contributed by atoms with van der Waals surface area (Å²) in [6, 6.07) is 15.7. The normalized spacial score (nSPS) is 10.4. The first-order chi connectivity index (χ1) is 12.3. The molecule has 2 N–H and O–H groups in total. The van der Waals surface area contributed by atoms with E-state index in [2.05, 4.69) is 37.3 Å². The quantitative estimate of drug-likeness (QED) is 0.696. The molecule has 0 saturated heterocycles. The molecule has 0 saturated carbocycles. The lowest BCUT2D eigenvalue weighted by Gasteiger charge is -2.09. The number of imidazole rings is 1. The highest BCUT2D eigenvalue weighted by atomic mass is 16.2. The van der Waals surface area contributed by atoms with Crippen molar-refractivity contribution in [2.75, 3.05) is 6.54 Å². The number of urea groups is 1. The number of carbonyl (C=O) groups excluding carboxylic acids is 1. The molecule has 2 aromatic heterocycles. The number of amides is 2. The third kappa shape index (κ3) is 5.17. The zero-order valence-corrected chi connectivity index (χ0v) is 13.9. The fourth-order valence-corrected chi connectivity index (χ4v) is 2.52. The second-order valence-corrected chi connectivity index (χ2v) is 5.64. The number of pyridine rings is 1. The van der Waals surface area contributed by atoms with E-state index >= 15 is 0 Å². The van der Waals surface area contributed by atoms with E-state index in [0.29, 0.717) is 19.5 Å². The second kappa shape index (κ2) is 8.63. The van der Waals surface area contributed by atoms with E-state index < -0.39 is 0 Å². The molecular weight excluding hydrogens is 314 g/mol. The van der Waals surface area contributed by atoms with Gasteiger partial charge in [0, 0.05) is 38.1 Å². The molecule has 0 radical (unpaired) electrons. The van der Waals surface area contributed by atoms with E-state index in [1.807, 2.05) is 42.6 Å². The molecule has 25 heavy (non-hydrogen) atoms. The third-order valence-electron chi connectivity index (χ3n) is 3.79. The van der Waals surface area contributed by atoms with E-state index in [1.54, 1.807) is 12.4 Å². The Morgan fingerprint density at radius 2 is 1.80 bits per heavy atom. The van der Waals surface area contributed by atoms with Crippen molar-refractivity contribution in [3.8, 4) is 0 Å². The summed E-state index contributed by atoms with van der Waals surface area (Å²) in [5.74, 6) is 0.953. The molecule has 3 rings (SSSR count). The van der Waals surface area contributed by atoms with Crippen LogP contribution in [-0.2, 0) is 19.5 Å². The van der Waals surface area contributed by atoms with E-state index in [0.717, 1.165) is 18.1 Å². The van der Waals surface area contributed by atoms with Gasteiger partial charge in [0.25, 0.3) is 0 Å². The van der Waals surface area contributed by atoms with Crippen LogP contribution in [0.3, 0.4) is 0 Å². The number of nitrogens with zero attached hydrogens (tertiary/aromatic N) is 3. The highest BCUT2D eigenvalue weighted by Crippen LogP contribution is 2.05. The van der Waals surface area contributed by atoms with Crippen molar-refractivity contribution < 1.29 is 4.79 Å². The van der Waals surface area contributed by atoms with Gasteiger partial charge in [0.15, 0.2) is 0 Å². The van der Waals surface area contributed by atoms with Crippen LogP contribution in [0.25, 0.3) is 0 Å². The minimum atomic E-state index is -0.202. The number of hydrogen-bond donors (Lipinski definition) is 2. The number of aromatic nitrogens is 3. The van der Waals surface area contributed by atoms with E-state index in [1.165, 1.54) is 5.56 Å². The number of rotatable bonds is 7. The monoisotopic (exact) mass is 335 g/mol. The first kappa shape index (κ1) is 16.7. The van der Waals surface area contributed by atoms with Crippen LogP contribution in [0.1, 0.15) is 17.1 Å². The maximum atomic E-state index is 11.8. The summed E-state index contributed by atoms with van der Waals surface area (Å²) in [4.78, 5) is 20.4. The zero-order chi connectivity index (χ0) is 17.3. The Balaban J connectivity index is 1.43. The van der Waals surface area contributed by atoms with Crippen molar-refractivity contribution >= 4 is 6.03 Å². The third-order valence-corrected chi connectivity index (χ3v) is 3.79. The van der Waals surface area contributed by atoms with Gasteiger partial charge in [-0.15, -0.1) is 0 Å². The molecule has 0 unspecified atom stereocenters. The van der Waals surface area contributed by atoms with Crippen LogP contribution in [0.4, 0.5) is 4.79 Å². The number of benzene rings is 1. The topological polar surface area (TPSA) is 71.8 Å². The maximum absolute atomic E-state index is 11.8. The summed E-state index contributed by atoms with van der Waals surface area (Å²) in [5.41, 5.74) is 2.05. The molecule has 0 aliphatic rings. The van der Waals surface area contributed by atoms with Crippen LogP contribution < -0.4 is 10.6 Å². The van der Waals surface area contributed by atoms with Crippen molar-refractivity contribution in [1.29, 1.82) is 0 Å². The zero-order valence-electron chi connectivity index (χ0n) is 13.9. The Labute approximate surface area is 146 Å². The van der Waals surface area contributed by atoms with Gasteiger partial charge in [0.05, 0.1) is 12.2 Å². The van der Waals surface area contributed by atoms with Crippen molar-refractivity contribution in [3.63, 3.8) is 0 Å². The predicted octanol–water partition coefficient (Wildman–Crippen LogP) is 2.37. The standard InChI is InChI=1S/C19H21N5O/c25-19(23-14-17-8-4-5-10-20-17)22-11-9-18-21-12-13-24(18)15-16-6-2-1-3-7-16/h1-8,10,12-13H,9,11,14-15H2,(H2,22,23,25). The lowest BCUT2D eigenvalue weighted by atomic mass is 10.2. The van der Waals surface area contributed by atoms with Crippen LogP contribution in [0.15, 0.2) is 67.1 Å². The van der Waals surface area contributed by atoms with Crippen LogP contribution in [0.2, 0.25) is 0 Å². The minimum Gasteiger partial charge on any atom is -0.338 e. The number of hydrogen-bond acceptors (Lipinski definition) is 3. The first-order valence-corrected chi connectivity index (χ1v) is 8.27. The summed E-state index contributed by atoms with van der Waals surface area (Å²) in [6.07, 6.45) is 6.14. The van der Waals surface area contributed by atoms with Crippen molar-refractivity contribution in [2.24, 2.45) is 0 Å². The molecular formula is C19H21N5O. The lowest BCUT2D eigenvalue weighted by Crippen LogP contribution is -2.36. The van der Waals surface area contributed by atoms with Gasteiger partial charge in [-0.1, -0.05) is 36.4 Å². The van der Waals surface area contributed by atoms with E-state index in [9.17, 15) is 4.79 Å². The largest absolute Gasteiger partial charge is 0.338 e. The van der Waals surface area contributed by atoms with Crippen LogP contribution in [-0.4, -0.2) is 27.1 Å². The van der Waals surface area contributed by atoms with Crippen molar-refractivity contribution in [2.45, 2.75) is 19.5 Å². The molecule has 0 atom stereocenters. The van der Waals surface area contributed by atoms with Gasteiger partial charge < -0.3 is 15.2 Å². The smallest absolute Gasteiger partial charge is 0.315 e. The fourth-order valence-electron chi connectivity index (χ4n) is 2.52. The van der Waals surface area contributed by atoms with Gasteiger partial charge in [-0.05, 0) is 17.7 Å². The number of nitrogens with one attached hydrogen (secondary N) is 2. The molecule has 6 nitrogen and oxygen atoms in total. The summed E-state index contributed by atoms with van der Waals surface area (Å²) in [5, 5.41) is 5.64. The van der Waals surface area contributed by atoms with E-state index in [-0.39, 0.29) is 6.03 Å². The highest BCUT2D eigenvalue weighted by Gasteiger charge is 2.05. The molecule has 0 aliphatic carbocycles. The van der Waals surface area contributed by atoms with Crippen LogP contribution in [0, 0.1) is 0 Å². The summed E-state index contributed by atoms with van der Waals surface area (Å²) in [7, 11) is 0. The molecule has 0 spiro atoms. The molecule has 0 fully saturated rings. The Bertz CT molecular complexity index is 786. The molecule has 3 aromatic rings. The average Bonchev–Trinajstić information content (AvgIpc) is 3.09. The Morgan fingerprint density at radius 1 is 0.960 bits per heavy atom. The lowest BCUT2D eigenvalue weighted by molar-refractivity contribution is 0.240. The van der Waals surface area contributed by atoms with Gasteiger partial charge in [0.2, 0.25) is 0 Å². The van der Waals surface area contributed by atoms with Crippen molar-refractivity contribution in [1.82, 2.24) is 25.2 Å². The molecule has 2 amide bonds. The van der Waals surface area contributed by atoms with E-state index in [4.69, 9.17) is 0 Å². The molecule has 0 aliphatic heterocycles. The Hall–Kier alpha value is -3.15. The second-order valence-electron chi connectivity index (χ2n) is 5.64. The first-order valence-electron chi connectivity index (χ1n) is 8.27. The van der Waals surface area contributed by atoms with Crippen LogP contribution in [0.5, 0.6) is 0 Å². The van der Waals surface area contributed by atoms with Crippen LogP contribution >= 0.6 is 0 Å². The van der Waals surface area contributed by atoms with Gasteiger partial charge in [-0.3, -0.25) is 4.98 Å². The predicted molar refractivity (Wildman–Crippen MR) is 96.0 cm³/mol. The molecule has 1 aromatic carbocycles. The summed E-state index contributed by atoms with van der Waals surface area (Å²) >= 11 is 0. The molecule has 2 heterocycles. The number of carbonyl (C=O) groups is 1. The summed E-state index contributed by atoms with van der Waals surface area (Å²) < 4.78 is 2.10. The summed E-state index contributed by atoms with van der Waals surface area (Å²) in [6.45, 7) is 1.72. The SMILES string of the molecule is O=C(NCCc1nccn1Cc1ccccc1)NCc1ccccn1. The maximum Gasteiger partial charge on any atom is 0.315 e. The van der Waals surface area contributed by atoms with Gasteiger partial charge in [-0.25, -0.2) is 9.78 Å². The van der Waals surface area contributed by atoms with Gasteiger partial charge in [-0.2, -0.15) is 0 Å². The van der Waals surface area contributed by atoms with Gasteiger partial charge in [0.1, 0.15) is 5.82 Å². The minimum absolute atomic E-state index is 0.202. The fraction of sp³-hybridized carbons (Fsp3) is 0.211. The highest BCUT2D eigenvalue weighted by molar-refractivity contribution is 5.73. The Morgan fingerprint density at radius 3 is 2.60 bits per heavy atom. The van der Waals surface area contributed by atoms with Gasteiger partial charge >= 0.3 is 6.03 Å². The Kier molecular flexibility index (Phi) is 5.77. The van der Waals surface area contributed by atoms with Crippen molar-refractivity contribution in [3.05, 3.63) is 84.2 Å². The average molecular weight is 335 g/mol. The molecule has 6 heteroatoms.